The number of amides is 1. The van der Waals surface area contributed by atoms with Crippen LogP contribution in [0.25, 0.3) is 32.2 Å². The largest absolute Gasteiger partial charge is 0.375 e. The lowest BCUT2D eigenvalue weighted by Gasteiger charge is -2.41. The maximum Gasteiger partial charge on any atom is 0.246 e. The van der Waals surface area contributed by atoms with Crippen LogP contribution in [0.1, 0.15) is 6.42 Å². The van der Waals surface area contributed by atoms with Gasteiger partial charge in [-0.25, -0.2) is 13.8 Å². The molecule has 2 N–H and O–H groups in total. The Balaban J connectivity index is 1.61. The standard InChI is InChI=1S/C25H19ClF2N6OS/c1-2-19(35)34-10-9-33(12-13(34)5-7-29)18-6-8-31-22-15(18)11-16(26)20(21(22)28)14-3-4-17(27)24-23(14)32-25(30)36-24/h2-4,6,8,11,13H,1,5,9-10,12H2,(H2,30,32). The molecule has 36 heavy (non-hydrogen) atoms. The lowest BCUT2D eigenvalue weighted by molar-refractivity contribution is -0.128. The van der Waals surface area contributed by atoms with E-state index in [9.17, 15) is 14.4 Å². The minimum Gasteiger partial charge on any atom is -0.375 e. The van der Waals surface area contributed by atoms with Crippen molar-refractivity contribution in [2.45, 2.75) is 12.5 Å². The van der Waals surface area contributed by atoms with E-state index in [1.807, 2.05) is 4.90 Å². The summed E-state index contributed by atoms with van der Waals surface area (Å²) in [5.74, 6) is -1.39. The summed E-state index contributed by atoms with van der Waals surface area (Å²) in [7, 11) is 0. The summed E-state index contributed by atoms with van der Waals surface area (Å²) >= 11 is 7.60. The third kappa shape index (κ3) is 3.90. The Bertz CT molecular complexity index is 1580. The van der Waals surface area contributed by atoms with Gasteiger partial charge in [-0.05, 0) is 30.3 Å². The van der Waals surface area contributed by atoms with E-state index < -0.39 is 11.6 Å². The van der Waals surface area contributed by atoms with Crippen LogP contribution in [0.3, 0.4) is 0 Å². The molecule has 182 valence electrons. The molecule has 4 aromatic rings. The molecule has 1 fully saturated rings. The minimum absolute atomic E-state index is 0.0628. The number of halogens is 3. The molecule has 3 heterocycles. The number of piperazine rings is 1. The van der Waals surface area contributed by atoms with E-state index in [4.69, 9.17) is 17.3 Å². The van der Waals surface area contributed by atoms with Crippen LogP contribution in [0.5, 0.6) is 0 Å². The van der Waals surface area contributed by atoms with Crippen LogP contribution >= 0.6 is 22.9 Å². The quantitative estimate of drug-likeness (QED) is 0.371. The number of fused-ring (bicyclic) bond motifs is 2. The average Bonchev–Trinajstić information content (AvgIpc) is 3.27. The highest BCUT2D eigenvalue weighted by Crippen LogP contribution is 2.42. The molecule has 2 aromatic carbocycles. The first-order chi connectivity index (χ1) is 17.3. The Hall–Kier alpha value is -3.81. The Labute approximate surface area is 214 Å². The first-order valence-corrected chi connectivity index (χ1v) is 12.2. The Kier molecular flexibility index (Phi) is 6.20. The van der Waals surface area contributed by atoms with Crippen molar-refractivity contribution in [1.29, 1.82) is 5.26 Å². The zero-order chi connectivity index (χ0) is 25.6. The number of carbonyl (C=O) groups is 1. The molecule has 2 aromatic heterocycles. The van der Waals surface area contributed by atoms with Crippen molar-refractivity contribution in [2.75, 3.05) is 30.3 Å². The van der Waals surface area contributed by atoms with E-state index in [1.54, 1.807) is 17.0 Å². The van der Waals surface area contributed by atoms with Gasteiger partial charge in [-0.2, -0.15) is 5.26 Å². The van der Waals surface area contributed by atoms with E-state index in [0.717, 1.165) is 11.3 Å². The second kappa shape index (κ2) is 9.33. The number of hydrogen-bond donors (Lipinski definition) is 1. The zero-order valence-electron chi connectivity index (χ0n) is 18.8. The summed E-state index contributed by atoms with van der Waals surface area (Å²) in [6.45, 7) is 4.77. The maximum absolute atomic E-state index is 16.0. The number of carbonyl (C=O) groups excluding carboxylic acids is 1. The second-order valence-corrected chi connectivity index (χ2v) is 9.73. The minimum atomic E-state index is -0.659. The van der Waals surface area contributed by atoms with Gasteiger partial charge in [-0.15, -0.1) is 0 Å². The van der Waals surface area contributed by atoms with Crippen LogP contribution < -0.4 is 10.6 Å². The summed E-state index contributed by atoms with van der Waals surface area (Å²) in [6, 6.07) is 7.83. The third-order valence-electron chi connectivity index (χ3n) is 6.29. The van der Waals surface area contributed by atoms with Gasteiger partial charge in [0.15, 0.2) is 10.9 Å². The van der Waals surface area contributed by atoms with Gasteiger partial charge in [0.25, 0.3) is 0 Å². The normalized spacial score (nSPS) is 15.9. The van der Waals surface area contributed by atoms with Gasteiger partial charge in [-0.1, -0.05) is 29.5 Å². The van der Waals surface area contributed by atoms with Crippen LogP contribution in [0.2, 0.25) is 5.02 Å². The zero-order valence-corrected chi connectivity index (χ0v) is 20.4. The molecule has 0 saturated carbocycles. The summed E-state index contributed by atoms with van der Waals surface area (Å²) in [4.78, 5) is 24.3. The highest BCUT2D eigenvalue weighted by atomic mass is 35.5. The van der Waals surface area contributed by atoms with Gasteiger partial charge in [0.05, 0.1) is 33.8 Å². The molecule has 1 amide bonds. The summed E-state index contributed by atoms with van der Waals surface area (Å²) < 4.78 is 30.5. The fourth-order valence-corrected chi connectivity index (χ4v) is 5.74. The van der Waals surface area contributed by atoms with Gasteiger partial charge in [0.1, 0.15) is 11.3 Å². The van der Waals surface area contributed by atoms with Crippen molar-refractivity contribution in [1.82, 2.24) is 14.9 Å². The van der Waals surface area contributed by atoms with E-state index in [1.165, 1.54) is 24.4 Å². The van der Waals surface area contributed by atoms with Crippen LogP contribution in [0.15, 0.2) is 43.1 Å². The number of aromatic nitrogens is 2. The molecule has 1 aliphatic heterocycles. The highest BCUT2D eigenvalue weighted by molar-refractivity contribution is 7.22. The number of benzene rings is 2. The Morgan fingerprint density at radius 2 is 2.14 bits per heavy atom. The van der Waals surface area contributed by atoms with Gasteiger partial charge in [-0.3, -0.25) is 9.78 Å². The topological polar surface area (TPSA) is 99.1 Å². The molecule has 0 spiro atoms. The van der Waals surface area contributed by atoms with E-state index in [0.29, 0.717) is 36.3 Å². The third-order valence-corrected chi connectivity index (χ3v) is 7.48. The second-order valence-electron chi connectivity index (χ2n) is 8.30. The highest BCUT2D eigenvalue weighted by Gasteiger charge is 2.31. The number of rotatable bonds is 4. The molecular weight excluding hydrogens is 506 g/mol. The SMILES string of the molecule is C=CC(=O)N1CCN(c2ccnc3c(F)c(-c4ccc(F)c5sc(N)nc45)c(Cl)cc23)CC1CC#N. The fourth-order valence-electron chi connectivity index (χ4n) is 4.68. The number of pyridine rings is 1. The van der Waals surface area contributed by atoms with E-state index >= 15 is 4.39 Å². The molecule has 1 aliphatic rings. The van der Waals surface area contributed by atoms with Crippen molar-refractivity contribution in [3.63, 3.8) is 0 Å². The van der Waals surface area contributed by atoms with Crippen LogP contribution in [-0.4, -0.2) is 46.5 Å². The molecule has 11 heteroatoms. The predicted molar refractivity (Wildman–Crippen MR) is 138 cm³/mol. The number of nitrogen functional groups attached to an aromatic ring is 1. The summed E-state index contributed by atoms with van der Waals surface area (Å²) in [5.41, 5.74) is 7.18. The smallest absolute Gasteiger partial charge is 0.246 e. The number of thiazole rings is 1. The number of nitriles is 1. The van der Waals surface area contributed by atoms with Gasteiger partial charge in [0, 0.05) is 48.0 Å². The lowest BCUT2D eigenvalue weighted by Crippen LogP contribution is -2.54. The fraction of sp³-hybridized carbons (Fsp3) is 0.200. The summed E-state index contributed by atoms with van der Waals surface area (Å²) in [5, 5.41) is 10.0. The van der Waals surface area contributed by atoms with Crippen molar-refractivity contribution in [3.8, 4) is 17.2 Å². The predicted octanol–water partition coefficient (Wildman–Crippen LogP) is 5.14. The van der Waals surface area contributed by atoms with Crippen molar-refractivity contribution in [2.24, 2.45) is 0 Å². The van der Waals surface area contributed by atoms with Crippen LogP contribution in [-0.2, 0) is 4.79 Å². The van der Waals surface area contributed by atoms with Gasteiger partial charge >= 0.3 is 0 Å². The average molecular weight is 525 g/mol. The van der Waals surface area contributed by atoms with Crippen molar-refractivity contribution in [3.05, 3.63) is 59.8 Å². The molecule has 1 atom stereocenters. The summed E-state index contributed by atoms with van der Waals surface area (Å²) in [6.07, 6.45) is 2.89. The molecular formula is C25H19ClF2N6OS. The molecule has 5 rings (SSSR count). The molecule has 0 radical (unpaired) electrons. The first kappa shape index (κ1) is 23.9. The molecule has 1 unspecified atom stereocenters. The number of nitrogens with two attached hydrogens (primary N) is 1. The molecule has 7 nitrogen and oxygen atoms in total. The van der Waals surface area contributed by atoms with Gasteiger partial charge in [0.2, 0.25) is 5.91 Å². The molecule has 0 bridgehead atoms. The van der Waals surface area contributed by atoms with Crippen molar-refractivity contribution >= 4 is 60.8 Å². The number of hydrogen-bond acceptors (Lipinski definition) is 7. The van der Waals surface area contributed by atoms with Crippen LogP contribution in [0, 0.1) is 23.0 Å². The number of anilines is 2. The maximum atomic E-state index is 16.0. The monoisotopic (exact) mass is 524 g/mol. The van der Waals surface area contributed by atoms with Gasteiger partial charge < -0.3 is 15.5 Å². The van der Waals surface area contributed by atoms with E-state index in [-0.39, 0.29) is 49.8 Å². The van der Waals surface area contributed by atoms with Crippen molar-refractivity contribution < 1.29 is 13.6 Å². The molecule has 1 saturated heterocycles. The Morgan fingerprint density at radius 1 is 1.33 bits per heavy atom. The first-order valence-electron chi connectivity index (χ1n) is 11.0. The van der Waals surface area contributed by atoms with E-state index in [2.05, 4.69) is 22.6 Å². The molecule has 0 aliphatic carbocycles. The lowest BCUT2D eigenvalue weighted by atomic mass is 10.00. The van der Waals surface area contributed by atoms with Crippen LogP contribution in [0.4, 0.5) is 19.6 Å². The number of nitrogens with zero attached hydrogens (tertiary/aromatic N) is 5. The Morgan fingerprint density at radius 3 is 2.89 bits per heavy atom.